The predicted molar refractivity (Wildman–Crippen MR) is 64.6 cm³/mol. The summed E-state index contributed by atoms with van der Waals surface area (Å²) in [6.45, 7) is 1.91. The lowest BCUT2D eigenvalue weighted by Crippen LogP contribution is -2.10. The Balaban J connectivity index is 2.22. The van der Waals surface area contributed by atoms with Crippen molar-refractivity contribution in [1.82, 2.24) is 14.8 Å². The number of carbonyl (C=O) groups excluding carboxylic acids is 1. The van der Waals surface area contributed by atoms with Gasteiger partial charge in [0, 0.05) is 18.1 Å². The lowest BCUT2D eigenvalue weighted by atomic mass is 10.2. The second kappa shape index (κ2) is 4.67. The van der Waals surface area contributed by atoms with Crippen LogP contribution in [0.2, 0.25) is 0 Å². The third-order valence-corrected chi connectivity index (χ3v) is 3.33. The van der Waals surface area contributed by atoms with Crippen LogP contribution in [0.4, 0.5) is 0 Å². The molecule has 0 saturated heterocycles. The van der Waals surface area contributed by atoms with Crippen molar-refractivity contribution in [2.75, 3.05) is 7.11 Å². The fourth-order valence-corrected chi connectivity index (χ4v) is 2.36. The molecule has 0 saturated carbocycles. The minimum Gasteiger partial charge on any atom is -0.493 e. The van der Waals surface area contributed by atoms with Gasteiger partial charge in [0.15, 0.2) is 11.5 Å². The van der Waals surface area contributed by atoms with Crippen LogP contribution in [-0.4, -0.2) is 27.7 Å². The lowest BCUT2D eigenvalue weighted by Gasteiger charge is -2.02. The van der Waals surface area contributed by atoms with E-state index in [1.54, 1.807) is 13.2 Å². The molecule has 2 aromatic heterocycles. The van der Waals surface area contributed by atoms with Gasteiger partial charge in [0.05, 0.1) is 19.7 Å². The first-order valence-corrected chi connectivity index (χ1v) is 6.00. The maximum Gasteiger partial charge on any atom is 0.191 e. The third-order valence-electron chi connectivity index (χ3n) is 2.37. The van der Waals surface area contributed by atoms with E-state index in [1.165, 1.54) is 23.1 Å². The van der Waals surface area contributed by atoms with Crippen molar-refractivity contribution in [3.8, 4) is 5.75 Å². The van der Waals surface area contributed by atoms with Crippen molar-refractivity contribution in [3.05, 3.63) is 28.0 Å². The highest BCUT2D eigenvalue weighted by atomic mass is 32.1. The summed E-state index contributed by atoms with van der Waals surface area (Å²) in [5.41, 5.74) is 1.43. The highest BCUT2D eigenvalue weighted by molar-refractivity contribution is 7.09. The Bertz CT molecular complexity index is 545. The Morgan fingerprint density at radius 1 is 1.59 bits per heavy atom. The quantitative estimate of drug-likeness (QED) is 0.775. The van der Waals surface area contributed by atoms with E-state index in [0.717, 1.165) is 10.7 Å². The van der Waals surface area contributed by atoms with Crippen LogP contribution in [-0.2, 0) is 13.5 Å². The molecule has 2 aromatic rings. The molecule has 6 heteroatoms. The summed E-state index contributed by atoms with van der Waals surface area (Å²) in [7, 11) is 3.25. The van der Waals surface area contributed by atoms with Crippen molar-refractivity contribution in [2.45, 2.75) is 13.3 Å². The second-order valence-corrected chi connectivity index (χ2v) is 4.61. The molecule has 2 heterocycles. The molecule has 0 unspecified atom stereocenters. The van der Waals surface area contributed by atoms with E-state index in [1.807, 2.05) is 12.3 Å². The Labute approximate surface area is 103 Å². The molecule has 90 valence electrons. The van der Waals surface area contributed by atoms with E-state index in [4.69, 9.17) is 4.74 Å². The molecule has 0 N–H and O–H groups in total. The Morgan fingerprint density at radius 2 is 2.35 bits per heavy atom. The van der Waals surface area contributed by atoms with Crippen LogP contribution in [0, 0.1) is 6.92 Å². The van der Waals surface area contributed by atoms with Crippen molar-refractivity contribution < 1.29 is 9.53 Å². The van der Waals surface area contributed by atoms with Gasteiger partial charge >= 0.3 is 0 Å². The molecule has 0 fully saturated rings. The van der Waals surface area contributed by atoms with Gasteiger partial charge in [0.2, 0.25) is 0 Å². The average Bonchev–Trinajstić information content (AvgIpc) is 2.84. The SMILES string of the molecule is COc1cnn(C)c1C(=O)Cc1nc(C)cs1. The number of carbonyl (C=O) groups is 1. The van der Waals surface area contributed by atoms with Crippen LogP contribution >= 0.6 is 11.3 Å². The van der Waals surface area contributed by atoms with E-state index in [-0.39, 0.29) is 12.2 Å². The maximum absolute atomic E-state index is 12.1. The number of rotatable bonds is 4. The van der Waals surface area contributed by atoms with Gasteiger partial charge in [-0.1, -0.05) is 0 Å². The molecule has 0 amide bonds. The molecular weight excluding hydrogens is 238 g/mol. The number of thiazole rings is 1. The fraction of sp³-hybridized carbons (Fsp3) is 0.364. The van der Waals surface area contributed by atoms with Gasteiger partial charge in [-0.2, -0.15) is 5.10 Å². The van der Waals surface area contributed by atoms with E-state index in [9.17, 15) is 4.79 Å². The molecular formula is C11H13N3O2S. The Hall–Kier alpha value is -1.69. The first-order valence-electron chi connectivity index (χ1n) is 5.12. The number of aromatic nitrogens is 3. The van der Waals surface area contributed by atoms with E-state index in [0.29, 0.717) is 11.4 Å². The van der Waals surface area contributed by atoms with Gasteiger partial charge in [-0.15, -0.1) is 11.3 Å². The summed E-state index contributed by atoms with van der Waals surface area (Å²) >= 11 is 1.49. The normalized spacial score (nSPS) is 10.5. The highest BCUT2D eigenvalue weighted by Crippen LogP contribution is 2.19. The molecule has 0 aliphatic rings. The predicted octanol–water partition coefficient (Wildman–Crippen LogP) is 1.62. The van der Waals surface area contributed by atoms with E-state index in [2.05, 4.69) is 10.1 Å². The first kappa shape index (κ1) is 11.8. The summed E-state index contributed by atoms with van der Waals surface area (Å²) in [4.78, 5) is 16.4. The zero-order valence-electron chi connectivity index (χ0n) is 9.93. The molecule has 5 nitrogen and oxygen atoms in total. The molecule has 0 atom stereocenters. The molecule has 17 heavy (non-hydrogen) atoms. The Kier molecular flexibility index (Phi) is 3.23. The summed E-state index contributed by atoms with van der Waals surface area (Å²) in [5.74, 6) is 0.474. The molecule has 0 aliphatic carbocycles. The van der Waals surface area contributed by atoms with Gasteiger partial charge in [-0.3, -0.25) is 9.48 Å². The zero-order valence-corrected chi connectivity index (χ0v) is 10.7. The van der Waals surface area contributed by atoms with Gasteiger partial charge in [0.1, 0.15) is 10.7 Å². The van der Waals surface area contributed by atoms with Crippen molar-refractivity contribution >= 4 is 17.1 Å². The molecule has 0 aromatic carbocycles. The number of aryl methyl sites for hydroxylation is 2. The van der Waals surface area contributed by atoms with E-state index < -0.39 is 0 Å². The highest BCUT2D eigenvalue weighted by Gasteiger charge is 2.18. The summed E-state index contributed by atoms with van der Waals surface area (Å²) in [6, 6.07) is 0. The second-order valence-electron chi connectivity index (χ2n) is 3.67. The molecule has 0 aliphatic heterocycles. The summed E-state index contributed by atoms with van der Waals surface area (Å²) < 4.78 is 6.64. The molecule has 0 spiro atoms. The van der Waals surface area contributed by atoms with Crippen molar-refractivity contribution in [1.29, 1.82) is 0 Å². The number of methoxy groups -OCH3 is 1. The fourth-order valence-electron chi connectivity index (χ4n) is 1.59. The minimum absolute atomic E-state index is 0.0313. The lowest BCUT2D eigenvalue weighted by molar-refractivity contribution is 0.0981. The van der Waals surface area contributed by atoms with Crippen LogP contribution in [0.1, 0.15) is 21.2 Å². The van der Waals surface area contributed by atoms with E-state index >= 15 is 0 Å². The largest absolute Gasteiger partial charge is 0.493 e. The average molecular weight is 251 g/mol. The number of nitrogens with zero attached hydrogens (tertiary/aromatic N) is 3. The van der Waals surface area contributed by atoms with Gasteiger partial charge in [0.25, 0.3) is 0 Å². The zero-order chi connectivity index (χ0) is 12.4. The molecule has 0 radical (unpaired) electrons. The molecule has 2 rings (SSSR count). The van der Waals surface area contributed by atoms with Crippen LogP contribution in [0.15, 0.2) is 11.6 Å². The topological polar surface area (TPSA) is 57.0 Å². The van der Waals surface area contributed by atoms with Crippen molar-refractivity contribution in [3.63, 3.8) is 0 Å². The van der Waals surface area contributed by atoms with Crippen LogP contribution < -0.4 is 4.74 Å². The number of hydrogen-bond donors (Lipinski definition) is 0. The number of ether oxygens (including phenoxy) is 1. The molecule has 0 bridgehead atoms. The van der Waals surface area contributed by atoms with Gasteiger partial charge in [-0.05, 0) is 6.92 Å². The third kappa shape index (κ3) is 2.36. The minimum atomic E-state index is -0.0313. The standard InChI is InChI=1S/C11H13N3O2S/c1-7-6-17-10(13-7)4-8(15)11-9(16-3)5-12-14(11)2/h5-6H,4H2,1-3H3. The smallest absolute Gasteiger partial charge is 0.191 e. The monoisotopic (exact) mass is 251 g/mol. The van der Waals surface area contributed by atoms with Gasteiger partial charge in [-0.25, -0.2) is 4.98 Å². The maximum atomic E-state index is 12.1. The summed E-state index contributed by atoms with van der Waals surface area (Å²) in [6.07, 6.45) is 1.83. The van der Waals surface area contributed by atoms with Gasteiger partial charge < -0.3 is 4.74 Å². The Morgan fingerprint density at radius 3 is 2.94 bits per heavy atom. The number of Topliss-reactive ketones (excluding diaryl/α,β-unsaturated/α-hetero) is 1. The van der Waals surface area contributed by atoms with Crippen LogP contribution in [0.25, 0.3) is 0 Å². The van der Waals surface area contributed by atoms with Crippen LogP contribution in [0.5, 0.6) is 5.75 Å². The van der Waals surface area contributed by atoms with Crippen LogP contribution in [0.3, 0.4) is 0 Å². The first-order chi connectivity index (χ1) is 8.11. The summed E-state index contributed by atoms with van der Waals surface area (Å²) in [5, 5.41) is 6.76. The number of ketones is 1. The number of hydrogen-bond acceptors (Lipinski definition) is 5. The van der Waals surface area contributed by atoms with Crippen molar-refractivity contribution in [2.24, 2.45) is 7.05 Å².